The average molecular weight is 510 g/mol. The van der Waals surface area contributed by atoms with Crippen LogP contribution in [0.2, 0.25) is 0 Å². The Hall–Kier alpha value is -3.66. The van der Waals surface area contributed by atoms with Crippen LogP contribution in [0.15, 0.2) is 41.3 Å². The molecule has 4 N–H and O–H groups in total. The van der Waals surface area contributed by atoms with Crippen molar-refractivity contribution < 1.29 is 9.53 Å². The Bertz CT molecular complexity index is 1210. The van der Waals surface area contributed by atoms with Crippen molar-refractivity contribution in [2.75, 3.05) is 50.4 Å². The van der Waals surface area contributed by atoms with Crippen molar-refractivity contribution in [2.24, 2.45) is 0 Å². The number of carbonyl (C=O) groups excluding carboxylic acids is 1. The number of pyridine rings is 1. The molecular formula is C27H39N7O3. The van der Waals surface area contributed by atoms with Crippen LogP contribution in [0.3, 0.4) is 0 Å². The molecule has 10 heteroatoms. The first kappa shape index (κ1) is 27.9. The number of unbranched alkanes of at least 4 members (excludes halogenated alkanes) is 1. The summed E-state index contributed by atoms with van der Waals surface area (Å²) in [6, 6.07) is 10.1. The van der Waals surface area contributed by atoms with Crippen LogP contribution in [0, 0.1) is 0 Å². The van der Waals surface area contributed by atoms with Gasteiger partial charge in [-0.3, -0.25) is 4.79 Å². The molecule has 2 heterocycles. The Morgan fingerprint density at radius 2 is 1.81 bits per heavy atom. The maximum atomic E-state index is 13.3. The van der Waals surface area contributed by atoms with Crippen LogP contribution in [-0.2, 0) is 17.7 Å². The lowest BCUT2D eigenvalue weighted by atomic mass is 10.1. The first-order chi connectivity index (χ1) is 18.0. The van der Waals surface area contributed by atoms with E-state index in [1.807, 2.05) is 26.0 Å². The van der Waals surface area contributed by atoms with Crippen LogP contribution >= 0.6 is 0 Å². The third kappa shape index (κ3) is 7.91. The summed E-state index contributed by atoms with van der Waals surface area (Å²) in [6.45, 7) is 10.2. The summed E-state index contributed by atoms with van der Waals surface area (Å²) in [5, 5.41) is 7.08. The Morgan fingerprint density at radius 1 is 1.05 bits per heavy atom. The van der Waals surface area contributed by atoms with Gasteiger partial charge in [-0.05, 0) is 50.4 Å². The number of amides is 1. The van der Waals surface area contributed by atoms with E-state index in [4.69, 9.17) is 10.5 Å². The second kappa shape index (κ2) is 14.2. The molecule has 3 aromatic rings. The molecule has 200 valence electrons. The molecule has 0 saturated carbocycles. The quantitative estimate of drug-likeness (QED) is 0.283. The third-order valence-electron chi connectivity index (χ3n) is 6.10. The lowest BCUT2D eigenvalue weighted by Gasteiger charge is -2.20. The fourth-order valence-corrected chi connectivity index (χ4v) is 4.01. The number of nitrogen functional groups attached to an aromatic ring is 1. The molecule has 0 fully saturated rings. The summed E-state index contributed by atoms with van der Waals surface area (Å²) < 4.78 is 6.73. The zero-order valence-corrected chi connectivity index (χ0v) is 22.1. The van der Waals surface area contributed by atoms with E-state index < -0.39 is 0 Å². The second-order valence-corrected chi connectivity index (χ2v) is 8.81. The summed E-state index contributed by atoms with van der Waals surface area (Å²) in [6.07, 6.45) is 4.36. The Balaban J connectivity index is 1.58. The second-order valence-electron chi connectivity index (χ2n) is 8.81. The van der Waals surface area contributed by atoms with Crippen LogP contribution < -0.4 is 21.9 Å². The molecule has 37 heavy (non-hydrogen) atoms. The zero-order valence-electron chi connectivity index (χ0n) is 22.1. The van der Waals surface area contributed by atoms with E-state index in [0.29, 0.717) is 49.5 Å². The number of hydrogen-bond donors (Lipinski definition) is 3. The van der Waals surface area contributed by atoms with Crippen molar-refractivity contribution in [2.45, 2.75) is 46.6 Å². The lowest BCUT2D eigenvalue weighted by Crippen LogP contribution is -2.37. The van der Waals surface area contributed by atoms with E-state index in [0.717, 1.165) is 37.9 Å². The predicted octanol–water partition coefficient (Wildman–Crippen LogP) is 3.24. The molecule has 0 atom stereocenters. The van der Waals surface area contributed by atoms with Gasteiger partial charge in [0.15, 0.2) is 0 Å². The van der Waals surface area contributed by atoms with Gasteiger partial charge >= 0.3 is 6.09 Å². The first-order valence-corrected chi connectivity index (χ1v) is 13.1. The van der Waals surface area contributed by atoms with Crippen LogP contribution in [0.1, 0.15) is 44.7 Å². The SMILES string of the molecule is CCCCNc1nc(N)nc2ccn(Cc3ccc(CCNCCN(CC)C(=O)OCC)cc3)c(=O)c12. The molecular weight excluding hydrogens is 470 g/mol. The lowest BCUT2D eigenvalue weighted by molar-refractivity contribution is 0.109. The number of fused-ring (bicyclic) bond motifs is 1. The predicted molar refractivity (Wildman–Crippen MR) is 148 cm³/mol. The number of benzene rings is 1. The highest BCUT2D eigenvalue weighted by Crippen LogP contribution is 2.18. The molecule has 3 rings (SSSR count). The summed E-state index contributed by atoms with van der Waals surface area (Å²) in [5.74, 6) is 0.637. The highest BCUT2D eigenvalue weighted by atomic mass is 16.6. The smallest absolute Gasteiger partial charge is 0.409 e. The zero-order chi connectivity index (χ0) is 26.6. The summed E-state index contributed by atoms with van der Waals surface area (Å²) >= 11 is 0. The van der Waals surface area contributed by atoms with Crippen LogP contribution in [0.4, 0.5) is 16.6 Å². The van der Waals surface area contributed by atoms with Gasteiger partial charge in [0.05, 0.1) is 18.7 Å². The number of aromatic nitrogens is 3. The molecule has 0 aliphatic heterocycles. The Labute approximate surface area is 218 Å². The van der Waals surface area contributed by atoms with Gasteiger partial charge in [0.2, 0.25) is 5.95 Å². The highest BCUT2D eigenvalue weighted by Gasteiger charge is 2.13. The topological polar surface area (TPSA) is 127 Å². The van der Waals surface area contributed by atoms with E-state index in [1.54, 1.807) is 21.7 Å². The molecule has 0 aliphatic rings. The van der Waals surface area contributed by atoms with Crippen LogP contribution in [0.5, 0.6) is 0 Å². The van der Waals surface area contributed by atoms with Gasteiger partial charge in [0, 0.05) is 32.4 Å². The standard InChI is InChI=1S/C27H39N7O3/c1-4-7-14-30-24-23-22(31-26(28)32-24)13-17-34(25(23)35)19-21-10-8-20(9-11-21)12-15-29-16-18-33(5-2)27(36)37-6-3/h8-11,13,17,29H,4-7,12,14-16,18-19H2,1-3H3,(H3,28,30,31,32). The number of anilines is 2. The van der Waals surface area contributed by atoms with Crippen molar-refractivity contribution in [3.8, 4) is 0 Å². The van der Waals surface area contributed by atoms with Gasteiger partial charge in [-0.1, -0.05) is 37.6 Å². The van der Waals surface area contributed by atoms with Gasteiger partial charge in [0.1, 0.15) is 11.2 Å². The number of ether oxygens (including phenoxy) is 1. The molecule has 0 aliphatic carbocycles. The van der Waals surface area contributed by atoms with Crippen molar-refractivity contribution in [1.29, 1.82) is 0 Å². The number of nitrogens with two attached hydrogens (primary N) is 1. The van der Waals surface area contributed by atoms with Crippen molar-refractivity contribution in [3.63, 3.8) is 0 Å². The summed E-state index contributed by atoms with van der Waals surface area (Å²) in [7, 11) is 0. The molecule has 2 aromatic heterocycles. The first-order valence-electron chi connectivity index (χ1n) is 13.1. The van der Waals surface area contributed by atoms with E-state index >= 15 is 0 Å². The summed E-state index contributed by atoms with van der Waals surface area (Å²) in [5.41, 5.74) is 8.48. The maximum absolute atomic E-state index is 13.3. The van der Waals surface area contributed by atoms with E-state index in [-0.39, 0.29) is 17.6 Å². The fourth-order valence-electron chi connectivity index (χ4n) is 4.01. The van der Waals surface area contributed by atoms with E-state index in [9.17, 15) is 9.59 Å². The van der Waals surface area contributed by atoms with Crippen LogP contribution in [-0.4, -0.2) is 64.9 Å². The number of likely N-dealkylation sites (N-methyl/N-ethyl adjacent to an activating group) is 1. The number of rotatable bonds is 14. The van der Waals surface area contributed by atoms with E-state index in [2.05, 4.69) is 39.7 Å². The number of hydrogen-bond acceptors (Lipinski definition) is 8. The number of nitrogens with one attached hydrogen (secondary N) is 2. The molecule has 1 amide bonds. The monoisotopic (exact) mass is 509 g/mol. The van der Waals surface area contributed by atoms with Crippen molar-refractivity contribution in [1.82, 2.24) is 24.8 Å². The van der Waals surface area contributed by atoms with Gasteiger partial charge in [-0.25, -0.2) is 9.78 Å². The molecule has 0 unspecified atom stereocenters. The van der Waals surface area contributed by atoms with E-state index in [1.165, 1.54) is 5.56 Å². The molecule has 0 radical (unpaired) electrons. The van der Waals surface area contributed by atoms with Gasteiger partial charge in [-0.15, -0.1) is 0 Å². The normalized spacial score (nSPS) is 11.0. The van der Waals surface area contributed by atoms with Crippen molar-refractivity contribution in [3.05, 3.63) is 58.0 Å². The van der Waals surface area contributed by atoms with Gasteiger partial charge < -0.3 is 30.6 Å². The largest absolute Gasteiger partial charge is 0.450 e. The number of carbonyl (C=O) groups is 1. The van der Waals surface area contributed by atoms with Crippen molar-refractivity contribution >= 4 is 28.8 Å². The highest BCUT2D eigenvalue weighted by molar-refractivity contribution is 5.89. The average Bonchev–Trinajstić information content (AvgIpc) is 2.88. The minimum atomic E-state index is -0.270. The molecule has 1 aromatic carbocycles. The molecule has 0 saturated heterocycles. The Morgan fingerprint density at radius 3 is 2.51 bits per heavy atom. The minimum absolute atomic E-state index is 0.145. The fraction of sp³-hybridized carbons (Fsp3) is 0.481. The van der Waals surface area contributed by atoms with Gasteiger partial charge in [-0.2, -0.15) is 4.98 Å². The molecule has 0 spiro atoms. The van der Waals surface area contributed by atoms with Crippen LogP contribution in [0.25, 0.3) is 10.9 Å². The number of nitrogens with zero attached hydrogens (tertiary/aromatic N) is 4. The maximum Gasteiger partial charge on any atom is 0.409 e. The Kier molecular flexibility index (Phi) is 10.7. The third-order valence-corrected chi connectivity index (χ3v) is 6.10. The molecule has 0 bridgehead atoms. The summed E-state index contributed by atoms with van der Waals surface area (Å²) in [4.78, 5) is 35.3. The molecule has 10 nitrogen and oxygen atoms in total. The van der Waals surface area contributed by atoms with Gasteiger partial charge in [0.25, 0.3) is 5.56 Å². The minimum Gasteiger partial charge on any atom is -0.450 e.